The summed E-state index contributed by atoms with van der Waals surface area (Å²) < 4.78 is 68.1. The van der Waals surface area contributed by atoms with Crippen LogP contribution in [0.3, 0.4) is 0 Å². The van der Waals surface area contributed by atoms with Crippen molar-refractivity contribution in [2.45, 2.75) is 115 Å². The fourth-order valence-electron chi connectivity index (χ4n) is 7.74. The topological polar surface area (TPSA) is 27.7 Å². The molecule has 1 aromatic carbocycles. The first-order valence-electron chi connectivity index (χ1n) is 15.3. The van der Waals surface area contributed by atoms with Crippen LogP contribution in [0.1, 0.15) is 96.0 Å². The zero-order valence-corrected chi connectivity index (χ0v) is 23.2. The Hall–Kier alpha value is -1.76. The molecular formula is C32H44F4O3. The van der Waals surface area contributed by atoms with Gasteiger partial charge in [-0.15, -0.1) is 13.2 Å². The summed E-state index contributed by atoms with van der Waals surface area (Å²) in [6.07, 6.45) is 16.3. The van der Waals surface area contributed by atoms with Crippen LogP contribution < -0.4 is 9.47 Å². The fraction of sp³-hybridized carbons (Fsp3) is 0.750. The molecule has 3 aliphatic carbocycles. The summed E-state index contributed by atoms with van der Waals surface area (Å²) in [4.78, 5) is 0. The van der Waals surface area contributed by atoms with Gasteiger partial charge in [0.2, 0.25) is 0 Å². The van der Waals surface area contributed by atoms with Gasteiger partial charge in [0.15, 0.2) is 11.6 Å². The van der Waals surface area contributed by atoms with Crippen molar-refractivity contribution in [3.8, 4) is 11.5 Å². The van der Waals surface area contributed by atoms with Gasteiger partial charge in [0.05, 0.1) is 6.10 Å². The Morgan fingerprint density at radius 2 is 1.49 bits per heavy atom. The molecule has 0 aromatic heterocycles. The third kappa shape index (κ3) is 7.71. The highest BCUT2D eigenvalue weighted by atomic mass is 19.4. The number of alkyl halides is 3. The first-order chi connectivity index (χ1) is 18.8. The second-order valence-electron chi connectivity index (χ2n) is 12.5. The largest absolute Gasteiger partial charge is 0.573 e. The van der Waals surface area contributed by atoms with E-state index >= 15 is 0 Å². The van der Waals surface area contributed by atoms with Gasteiger partial charge in [-0.3, -0.25) is 0 Å². The average Bonchev–Trinajstić information content (AvgIpc) is 2.93. The van der Waals surface area contributed by atoms with Crippen molar-refractivity contribution < 1.29 is 31.8 Å². The highest BCUT2D eigenvalue weighted by Crippen LogP contribution is 2.42. The number of aryl methyl sites for hydroxylation is 1. The van der Waals surface area contributed by atoms with Crippen LogP contribution in [0, 0.1) is 35.4 Å². The molecule has 4 aliphatic rings. The summed E-state index contributed by atoms with van der Waals surface area (Å²) in [6.45, 7) is 2.98. The molecule has 3 fully saturated rings. The highest BCUT2D eigenvalue weighted by molar-refractivity contribution is 5.43. The second kappa shape index (κ2) is 12.8. The Morgan fingerprint density at radius 3 is 2.13 bits per heavy atom. The first-order valence-corrected chi connectivity index (χ1v) is 15.3. The molecule has 0 bridgehead atoms. The zero-order chi connectivity index (χ0) is 27.4. The molecule has 1 aliphatic heterocycles. The molecule has 1 unspecified atom stereocenters. The van der Waals surface area contributed by atoms with Gasteiger partial charge in [-0.05, 0) is 138 Å². The zero-order valence-electron chi connectivity index (χ0n) is 23.2. The van der Waals surface area contributed by atoms with E-state index in [1.165, 1.54) is 51.4 Å². The normalized spacial score (nSPS) is 33.9. The minimum atomic E-state index is -4.92. The Labute approximate surface area is 230 Å². The fourth-order valence-corrected chi connectivity index (χ4v) is 7.74. The predicted molar refractivity (Wildman–Crippen MR) is 143 cm³/mol. The third-order valence-corrected chi connectivity index (χ3v) is 9.97. The number of halogens is 4. The molecular weight excluding hydrogens is 508 g/mol. The maximum Gasteiger partial charge on any atom is 0.573 e. The van der Waals surface area contributed by atoms with Gasteiger partial charge < -0.3 is 14.2 Å². The molecule has 0 radical (unpaired) electrons. The SMILES string of the molecule is C/C=C/C1CCC(C2CCC(OCC3CCC(C4CCc5cc(OC(F)(F)F)c(F)cc5O4)CC3)CC2)CC1. The molecule has 1 atom stereocenters. The highest BCUT2D eigenvalue weighted by Gasteiger charge is 2.36. The lowest BCUT2D eigenvalue weighted by Crippen LogP contribution is -2.35. The van der Waals surface area contributed by atoms with E-state index in [4.69, 9.17) is 9.47 Å². The maximum absolute atomic E-state index is 14.2. The Kier molecular flexibility index (Phi) is 9.46. The molecule has 0 spiro atoms. The summed E-state index contributed by atoms with van der Waals surface area (Å²) in [5.41, 5.74) is 0.574. The molecule has 39 heavy (non-hydrogen) atoms. The van der Waals surface area contributed by atoms with E-state index in [1.54, 1.807) is 0 Å². The van der Waals surface area contributed by atoms with Gasteiger partial charge in [0.25, 0.3) is 0 Å². The van der Waals surface area contributed by atoms with Crippen LogP contribution >= 0.6 is 0 Å². The van der Waals surface area contributed by atoms with Gasteiger partial charge in [0.1, 0.15) is 11.9 Å². The first kappa shape index (κ1) is 28.8. The summed E-state index contributed by atoms with van der Waals surface area (Å²) >= 11 is 0. The van der Waals surface area contributed by atoms with E-state index in [-0.39, 0.29) is 6.10 Å². The average molecular weight is 553 g/mol. The minimum Gasteiger partial charge on any atom is -0.490 e. The molecule has 3 nitrogen and oxygen atoms in total. The maximum atomic E-state index is 14.2. The van der Waals surface area contributed by atoms with E-state index < -0.39 is 17.9 Å². The number of ether oxygens (including phenoxy) is 3. The molecule has 218 valence electrons. The lowest BCUT2D eigenvalue weighted by Gasteiger charge is -2.38. The lowest BCUT2D eigenvalue weighted by molar-refractivity contribution is -0.275. The molecule has 7 heteroatoms. The van der Waals surface area contributed by atoms with Crippen LogP contribution in [0.4, 0.5) is 17.6 Å². The van der Waals surface area contributed by atoms with Gasteiger partial charge in [0, 0.05) is 12.7 Å². The van der Waals surface area contributed by atoms with Crippen molar-refractivity contribution >= 4 is 0 Å². The van der Waals surface area contributed by atoms with Crippen LogP contribution in [0.5, 0.6) is 11.5 Å². The molecule has 0 saturated heterocycles. The van der Waals surface area contributed by atoms with Crippen molar-refractivity contribution in [3.05, 3.63) is 35.7 Å². The number of hydrogen-bond acceptors (Lipinski definition) is 3. The molecule has 1 heterocycles. The van der Waals surface area contributed by atoms with Gasteiger partial charge in [-0.25, -0.2) is 4.39 Å². The van der Waals surface area contributed by atoms with Crippen LogP contribution in [-0.2, 0) is 11.2 Å². The summed E-state index contributed by atoms with van der Waals surface area (Å²) in [5, 5.41) is 0. The summed E-state index contributed by atoms with van der Waals surface area (Å²) in [5.74, 6) is 2.11. The van der Waals surface area contributed by atoms with E-state index in [2.05, 4.69) is 23.8 Å². The third-order valence-electron chi connectivity index (χ3n) is 9.97. The Balaban J connectivity index is 1.01. The minimum absolute atomic E-state index is 0.0171. The molecule has 0 N–H and O–H groups in total. The van der Waals surface area contributed by atoms with Crippen molar-refractivity contribution in [2.24, 2.45) is 29.6 Å². The van der Waals surface area contributed by atoms with E-state index in [1.807, 2.05) is 0 Å². The molecule has 3 saturated carbocycles. The quantitative estimate of drug-likeness (QED) is 0.249. The lowest BCUT2D eigenvalue weighted by atomic mass is 9.70. The van der Waals surface area contributed by atoms with E-state index in [0.29, 0.717) is 35.7 Å². The van der Waals surface area contributed by atoms with Gasteiger partial charge in [-0.2, -0.15) is 0 Å². The second-order valence-corrected chi connectivity index (χ2v) is 12.5. The number of hydrogen-bond donors (Lipinski definition) is 0. The van der Waals surface area contributed by atoms with Crippen molar-refractivity contribution in [3.63, 3.8) is 0 Å². The van der Waals surface area contributed by atoms with Crippen LogP contribution in [0.2, 0.25) is 0 Å². The standard InChI is InChI=1S/C32H44F4O3/c1-2-3-21-4-8-23(9-5-21)24-12-15-27(16-13-24)37-20-22-6-10-25(11-7-22)29-17-14-26-18-31(39-32(34,35)36)28(33)19-30(26)38-29/h2-3,18-19,21-25,27,29H,4-17,20H2,1H3/b3-2+. The Bertz CT molecular complexity index is 953. The smallest absolute Gasteiger partial charge is 0.490 e. The van der Waals surface area contributed by atoms with Crippen LogP contribution in [0.15, 0.2) is 24.3 Å². The molecule has 5 rings (SSSR count). The van der Waals surface area contributed by atoms with Gasteiger partial charge in [-0.1, -0.05) is 12.2 Å². The van der Waals surface area contributed by atoms with Crippen LogP contribution in [0.25, 0.3) is 0 Å². The van der Waals surface area contributed by atoms with Crippen molar-refractivity contribution in [2.75, 3.05) is 6.61 Å². The van der Waals surface area contributed by atoms with E-state index in [9.17, 15) is 17.6 Å². The van der Waals surface area contributed by atoms with Gasteiger partial charge >= 0.3 is 6.36 Å². The van der Waals surface area contributed by atoms with Crippen molar-refractivity contribution in [1.29, 1.82) is 0 Å². The number of benzene rings is 1. The number of rotatable bonds is 7. The number of allylic oxidation sites excluding steroid dienone is 2. The summed E-state index contributed by atoms with van der Waals surface area (Å²) in [6, 6.07) is 2.18. The summed E-state index contributed by atoms with van der Waals surface area (Å²) in [7, 11) is 0. The monoisotopic (exact) mass is 552 g/mol. The Morgan fingerprint density at radius 1 is 0.846 bits per heavy atom. The predicted octanol–water partition coefficient (Wildman–Crippen LogP) is 9.18. The number of fused-ring (bicyclic) bond motifs is 1. The van der Waals surface area contributed by atoms with Crippen LogP contribution in [-0.4, -0.2) is 25.2 Å². The van der Waals surface area contributed by atoms with E-state index in [0.717, 1.165) is 68.6 Å². The molecule has 0 amide bonds. The molecule has 1 aromatic rings. The van der Waals surface area contributed by atoms with Crippen molar-refractivity contribution in [1.82, 2.24) is 0 Å².